The number of hydrogen-bond acceptors (Lipinski definition) is 6. The Labute approximate surface area is 158 Å². The fourth-order valence-electron chi connectivity index (χ4n) is 2.22. The highest BCUT2D eigenvalue weighted by Crippen LogP contribution is 2.24. The molecule has 0 spiro atoms. The molecule has 0 heterocycles. The third kappa shape index (κ3) is 6.00. The first-order valence-corrected chi connectivity index (χ1v) is 8.41. The number of esters is 1. The van der Waals surface area contributed by atoms with E-state index in [-0.39, 0.29) is 12.5 Å². The predicted octanol–water partition coefficient (Wildman–Crippen LogP) is 2.90. The van der Waals surface area contributed by atoms with E-state index in [1.807, 2.05) is 12.1 Å². The van der Waals surface area contributed by atoms with Gasteiger partial charge < -0.3 is 24.3 Å². The quantitative estimate of drug-likeness (QED) is 0.538. The summed E-state index contributed by atoms with van der Waals surface area (Å²) in [6, 6.07) is 13.6. The lowest BCUT2D eigenvalue weighted by Gasteiger charge is -2.14. The molecular weight excluding hydrogens is 350 g/mol. The van der Waals surface area contributed by atoms with Gasteiger partial charge in [-0.15, -0.1) is 0 Å². The molecule has 1 amide bonds. The summed E-state index contributed by atoms with van der Waals surface area (Å²) >= 11 is 0. The second-order valence-corrected chi connectivity index (χ2v) is 5.60. The Bertz CT molecular complexity index is 759. The molecular formula is C20H23NO6. The normalized spacial score (nSPS) is 11.4. The summed E-state index contributed by atoms with van der Waals surface area (Å²) in [5.74, 6) is 0.273. The number of para-hydroxylation sites is 2. The fraction of sp³-hybridized carbons (Fsp3) is 0.300. The molecule has 27 heavy (non-hydrogen) atoms. The minimum atomic E-state index is -0.768. The van der Waals surface area contributed by atoms with E-state index in [4.69, 9.17) is 18.9 Å². The van der Waals surface area contributed by atoms with Crippen LogP contribution in [-0.4, -0.2) is 45.4 Å². The molecule has 7 nitrogen and oxygen atoms in total. The fourth-order valence-corrected chi connectivity index (χ4v) is 2.22. The van der Waals surface area contributed by atoms with Crippen LogP contribution in [0.4, 0.5) is 5.69 Å². The van der Waals surface area contributed by atoms with Gasteiger partial charge in [-0.2, -0.15) is 0 Å². The van der Waals surface area contributed by atoms with Crippen LogP contribution < -0.4 is 14.8 Å². The molecule has 0 radical (unpaired) electrons. The number of anilines is 1. The third-order valence-electron chi connectivity index (χ3n) is 3.65. The number of benzene rings is 2. The molecule has 0 aliphatic rings. The number of rotatable bonds is 9. The van der Waals surface area contributed by atoms with E-state index < -0.39 is 12.1 Å². The van der Waals surface area contributed by atoms with Crippen molar-refractivity contribution in [3.63, 3.8) is 0 Å². The minimum Gasteiger partial charge on any atom is -0.495 e. The Morgan fingerprint density at radius 3 is 2.37 bits per heavy atom. The second kappa shape index (κ2) is 10.2. The maximum Gasteiger partial charge on any atom is 0.347 e. The highest BCUT2D eigenvalue weighted by Gasteiger charge is 2.16. The summed E-state index contributed by atoms with van der Waals surface area (Å²) < 4.78 is 20.6. The van der Waals surface area contributed by atoms with Crippen molar-refractivity contribution in [2.45, 2.75) is 13.0 Å². The molecule has 0 aliphatic carbocycles. The smallest absolute Gasteiger partial charge is 0.347 e. The van der Waals surface area contributed by atoms with Gasteiger partial charge >= 0.3 is 5.97 Å². The Morgan fingerprint density at radius 2 is 1.70 bits per heavy atom. The minimum absolute atomic E-state index is 0.172. The van der Waals surface area contributed by atoms with E-state index >= 15 is 0 Å². The molecule has 0 saturated carbocycles. The Hall–Kier alpha value is -3.06. The zero-order chi connectivity index (χ0) is 19.6. The number of amides is 1. The Morgan fingerprint density at radius 1 is 1.00 bits per heavy atom. The highest BCUT2D eigenvalue weighted by atomic mass is 16.6. The lowest BCUT2D eigenvalue weighted by atomic mass is 10.2. The summed E-state index contributed by atoms with van der Waals surface area (Å²) in [6.07, 6.45) is -0.768. The van der Waals surface area contributed by atoms with Crippen molar-refractivity contribution in [3.05, 3.63) is 54.1 Å². The molecule has 1 atom stereocenters. The van der Waals surface area contributed by atoms with Crippen LogP contribution in [0.1, 0.15) is 17.3 Å². The van der Waals surface area contributed by atoms with E-state index in [9.17, 15) is 9.59 Å². The summed E-state index contributed by atoms with van der Waals surface area (Å²) in [5, 5.41) is 2.79. The maximum absolute atomic E-state index is 12.4. The van der Waals surface area contributed by atoms with Crippen LogP contribution in [0, 0.1) is 0 Å². The van der Waals surface area contributed by atoms with Crippen molar-refractivity contribution in [3.8, 4) is 11.5 Å². The van der Waals surface area contributed by atoms with Gasteiger partial charge in [0.1, 0.15) is 18.1 Å². The largest absolute Gasteiger partial charge is 0.495 e. The first-order chi connectivity index (χ1) is 13.0. The van der Waals surface area contributed by atoms with E-state index in [1.54, 1.807) is 50.4 Å². The van der Waals surface area contributed by atoms with E-state index in [2.05, 4.69) is 5.32 Å². The van der Waals surface area contributed by atoms with Gasteiger partial charge in [0.15, 0.2) is 6.10 Å². The second-order valence-electron chi connectivity index (χ2n) is 5.60. The van der Waals surface area contributed by atoms with Crippen molar-refractivity contribution in [1.82, 2.24) is 0 Å². The van der Waals surface area contributed by atoms with Gasteiger partial charge in [-0.05, 0) is 43.3 Å². The van der Waals surface area contributed by atoms with Crippen LogP contribution in [0.2, 0.25) is 0 Å². The first kappa shape index (κ1) is 20.3. The lowest BCUT2D eigenvalue weighted by molar-refractivity contribution is -0.152. The number of methoxy groups -OCH3 is 2. The van der Waals surface area contributed by atoms with Gasteiger partial charge in [0.2, 0.25) is 0 Å². The van der Waals surface area contributed by atoms with Gasteiger partial charge in [-0.3, -0.25) is 4.79 Å². The molecule has 0 bridgehead atoms. The number of carbonyl (C=O) groups is 2. The first-order valence-electron chi connectivity index (χ1n) is 8.41. The van der Waals surface area contributed by atoms with Gasteiger partial charge in [-0.25, -0.2) is 4.79 Å². The Kier molecular flexibility index (Phi) is 7.63. The van der Waals surface area contributed by atoms with Gasteiger partial charge in [0.25, 0.3) is 5.91 Å². The topological polar surface area (TPSA) is 83.1 Å². The van der Waals surface area contributed by atoms with Gasteiger partial charge in [-0.1, -0.05) is 12.1 Å². The van der Waals surface area contributed by atoms with Crippen LogP contribution in [0.5, 0.6) is 11.5 Å². The standard InChI is InChI=1S/C20H23NO6/c1-14(20(23)26-13-12-24-2)27-16-10-8-15(9-11-16)19(22)21-17-6-4-5-7-18(17)25-3/h4-11,14H,12-13H2,1-3H3,(H,21,22). The monoisotopic (exact) mass is 373 g/mol. The van der Waals surface area contributed by atoms with Crippen molar-refractivity contribution in [1.29, 1.82) is 0 Å². The zero-order valence-electron chi connectivity index (χ0n) is 15.6. The van der Waals surface area contributed by atoms with Gasteiger partial charge in [0, 0.05) is 12.7 Å². The lowest BCUT2D eigenvalue weighted by Crippen LogP contribution is -2.27. The number of nitrogens with one attached hydrogen (secondary N) is 1. The number of carbonyl (C=O) groups excluding carboxylic acids is 2. The molecule has 0 fully saturated rings. The van der Waals surface area contributed by atoms with Crippen molar-refractivity contribution < 1.29 is 28.5 Å². The van der Waals surface area contributed by atoms with Crippen molar-refractivity contribution in [2.24, 2.45) is 0 Å². The maximum atomic E-state index is 12.4. The number of ether oxygens (including phenoxy) is 4. The highest BCUT2D eigenvalue weighted by molar-refractivity contribution is 6.05. The van der Waals surface area contributed by atoms with E-state index in [1.165, 1.54) is 7.11 Å². The molecule has 144 valence electrons. The molecule has 2 aromatic rings. The van der Waals surface area contributed by atoms with Crippen LogP contribution in [0.25, 0.3) is 0 Å². The third-order valence-corrected chi connectivity index (χ3v) is 3.65. The number of hydrogen-bond donors (Lipinski definition) is 1. The van der Waals surface area contributed by atoms with E-state index in [0.717, 1.165) is 0 Å². The summed E-state index contributed by atoms with van der Waals surface area (Å²) in [4.78, 5) is 24.2. The van der Waals surface area contributed by atoms with E-state index in [0.29, 0.717) is 29.4 Å². The average Bonchev–Trinajstić information content (AvgIpc) is 2.69. The molecule has 1 N–H and O–H groups in total. The molecule has 0 aliphatic heterocycles. The predicted molar refractivity (Wildman–Crippen MR) is 100 cm³/mol. The molecule has 1 unspecified atom stereocenters. The molecule has 7 heteroatoms. The molecule has 0 saturated heterocycles. The molecule has 2 aromatic carbocycles. The average molecular weight is 373 g/mol. The summed E-state index contributed by atoms with van der Waals surface area (Å²) in [5.41, 5.74) is 1.03. The Balaban J connectivity index is 1.94. The van der Waals surface area contributed by atoms with Crippen LogP contribution in [0.3, 0.4) is 0 Å². The van der Waals surface area contributed by atoms with Crippen molar-refractivity contribution in [2.75, 3.05) is 32.8 Å². The SMILES string of the molecule is COCCOC(=O)C(C)Oc1ccc(C(=O)Nc2ccccc2OC)cc1. The van der Waals surface area contributed by atoms with Crippen LogP contribution >= 0.6 is 0 Å². The summed E-state index contributed by atoms with van der Waals surface area (Å²) in [7, 11) is 3.07. The summed E-state index contributed by atoms with van der Waals surface area (Å²) in [6.45, 7) is 2.09. The zero-order valence-corrected chi connectivity index (χ0v) is 15.6. The van der Waals surface area contributed by atoms with Crippen LogP contribution in [0.15, 0.2) is 48.5 Å². The molecule has 0 aromatic heterocycles. The van der Waals surface area contributed by atoms with Crippen LogP contribution in [-0.2, 0) is 14.3 Å². The molecule has 2 rings (SSSR count). The van der Waals surface area contributed by atoms with Crippen molar-refractivity contribution >= 4 is 17.6 Å². The van der Waals surface area contributed by atoms with Gasteiger partial charge in [0.05, 0.1) is 19.4 Å².